The van der Waals surface area contributed by atoms with Gasteiger partial charge in [-0.2, -0.15) is 0 Å². The average molecular weight is 219 g/mol. The summed E-state index contributed by atoms with van der Waals surface area (Å²) in [5, 5.41) is 2.70. The molecule has 0 saturated heterocycles. The van der Waals surface area contributed by atoms with Crippen LogP contribution >= 0.6 is 0 Å². The Balaban J connectivity index is 2.73. The van der Waals surface area contributed by atoms with Gasteiger partial charge in [0.1, 0.15) is 11.9 Å². The van der Waals surface area contributed by atoms with Crippen molar-refractivity contribution in [2.24, 2.45) is 10.7 Å². The number of amidine groups is 1. The molecule has 4 heteroatoms. The average Bonchev–Trinajstić information content (AvgIpc) is 2.30. The molecule has 0 aliphatic rings. The van der Waals surface area contributed by atoms with Gasteiger partial charge in [0.2, 0.25) is 5.91 Å². The van der Waals surface area contributed by atoms with Crippen LogP contribution < -0.4 is 11.1 Å². The third-order valence-corrected chi connectivity index (χ3v) is 2.13. The molecule has 0 aliphatic heterocycles. The van der Waals surface area contributed by atoms with Crippen molar-refractivity contribution >= 4 is 11.7 Å². The maximum Gasteiger partial charge on any atom is 0.244 e. The predicted octanol–water partition coefficient (Wildman–Crippen LogP) is 0.916. The number of carbonyl (C=O) groups is 1. The fourth-order valence-electron chi connectivity index (χ4n) is 1.27. The minimum absolute atomic E-state index is 0.110. The molecule has 0 spiro atoms. The minimum atomic E-state index is -0.458. The van der Waals surface area contributed by atoms with Crippen LogP contribution in [0.15, 0.2) is 35.3 Å². The van der Waals surface area contributed by atoms with Crippen LogP contribution in [0.5, 0.6) is 0 Å². The summed E-state index contributed by atoms with van der Waals surface area (Å²) in [5.74, 6) is 0.278. The molecule has 16 heavy (non-hydrogen) atoms. The zero-order valence-corrected chi connectivity index (χ0v) is 9.60. The summed E-state index contributed by atoms with van der Waals surface area (Å²) in [5.41, 5.74) is 6.63. The van der Waals surface area contributed by atoms with Crippen molar-refractivity contribution in [3.8, 4) is 0 Å². The van der Waals surface area contributed by atoms with Gasteiger partial charge in [0.15, 0.2) is 0 Å². The quantitative estimate of drug-likeness (QED) is 0.584. The van der Waals surface area contributed by atoms with Crippen LogP contribution in [0.2, 0.25) is 0 Å². The van der Waals surface area contributed by atoms with E-state index in [9.17, 15) is 4.79 Å². The third kappa shape index (κ3) is 3.38. The van der Waals surface area contributed by atoms with Gasteiger partial charge >= 0.3 is 0 Å². The summed E-state index contributed by atoms with van der Waals surface area (Å²) >= 11 is 0. The van der Waals surface area contributed by atoms with E-state index >= 15 is 0 Å². The Morgan fingerprint density at radius 1 is 1.44 bits per heavy atom. The smallest absolute Gasteiger partial charge is 0.244 e. The lowest BCUT2D eigenvalue weighted by molar-refractivity contribution is -0.121. The summed E-state index contributed by atoms with van der Waals surface area (Å²) in [6, 6.07) is 8.94. The maximum absolute atomic E-state index is 11.4. The number of carbonyl (C=O) groups excluding carboxylic acids is 1. The molecule has 1 rings (SSSR count). The van der Waals surface area contributed by atoms with Gasteiger partial charge in [-0.25, -0.2) is 0 Å². The monoisotopic (exact) mass is 219 g/mol. The highest BCUT2D eigenvalue weighted by molar-refractivity contribution is 5.99. The minimum Gasteiger partial charge on any atom is -0.383 e. The zero-order valence-electron chi connectivity index (χ0n) is 9.60. The van der Waals surface area contributed by atoms with E-state index in [-0.39, 0.29) is 5.91 Å². The molecule has 1 amide bonds. The van der Waals surface area contributed by atoms with Gasteiger partial charge in [-0.05, 0) is 13.8 Å². The Labute approximate surface area is 95.6 Å². The molecule has 0 heterocycles. The predicted molar refractivity (Wildman–Crippen MR) is 65.3 cm³/mol. The Morgan fingerprint density at radius 3 is 2.62 bits per heavy atom. The number of rotatable bonds is 4. The molecular weight excluding hydrogens is 202 g/mol. The number of aliphatic imine (C=N–C) groups is 1. The van der Waals surface area contributed by atoms with Gasteiger partial charge < -0.3 is 11.1 Å². The highest BCUT2D eigenvalue weighted by atomic mass is 16.2. The van der Waals surface area contributed by atoms with Crippen molar-refractivity contribution in [3.05, 3.63) is 35.9 Å². The van der Waals surface area contributed by atoms with Gasteiger partial charge in [0.05, 0.1) is 0 Å². The number of likely N-dealkylation sites (N-methyl/N-ethyl adjacent to an activating group) is 1. The van der Waals surface area contributed by atoms with E-state index in [1.165, 1.54) is 0 Å². The SMILES string of the molecule is CCNC(=O)C(C)N=C(N)c1ccccc1. The lowest BCUT2D eigenvalue weighted by Crippen LogP contribution is -2.33. The second-order valence-corrected chi connectivity index (χ2v) is 3.45. The molecular formula is C12H17N3O. The summed E-state index contributed by atoms with van der Waals surface area (Å²) in [6.45, 7) is 4.19. The number of hydrogen-bond donors (Lipinski definition) is 2. The largest absolute Gasteiger partial charge is 0.383 e. The van der Waals surface area contributed by atoms with Gasteiger partial charge in [0, 0.05) is 12.1 Å². The molecule has 0 bridgehead atoms. The third-order valence-electron chi connectivity index (χ3n) is 2.13. The number of benzene rings is 1. The highest BCUT2D eigenvalue weighted by Crippen LogP contribution is 2.00. The van der Waals surface area contributed by atoms with Crippen LogP contribution in [0, 0.1) is 0 Å². The number of nitrogens with two attached hydrogens (primary N) is 1. The van der Waals surface area contributed by atoms with Crippen molar-refractivity contribution in [2.75, 3.05) is 6.54 Å². The first-order valence-corrected chi connectivity index (χ1v) is 5.31. The number of nitrogens with one attached hydrogen (secondary N) is 1. The van der Waals surface area contributed by atoms with Crippen LogP contribution in [-0.2, 0) is 4.79 Å². The van der Waals surface area contributed by atoms with Crippen LogP contribution in [0.25, 0.3) is 0 Å². The van der Waals surface area contributed by atoms with Crippen molar-refractivity contribution in [1.29, 1.82) is 0 Å². The van der Waals surface area contributed by atoms with Crippen molar-refractivity contribution in [2.45, 2.75) is 19.9 Å². The van der Waals surface area contributed by atoms with E-state index in [0.29, 0.717) is 12.4 Å². The van der Waals surface area contributed by atoms with Crippen LogP contribution in [0.3, 0.4) is 0 Å². The number of nitrogens with zero attached hydrogens (tertiary/aromatic N) is 1. The summed E-state index contributed by atoms with van der Waals surface area (Å²) in [7, 11) is 0. The molecule has 1 aromatic rings. The zero-order chi connectivity index (χ0) is 12.0. The Morgan fingerprint density at radius 2 is 2.06 bits per heavy atom. The Kier molecular flexibility index (Phi) is 4.51. The molecule has 1 atom stereocenters. The first-order valence-electron chi connectivity index (χ1n) is 5.31. The Bertz CT molecular complexity index is 373. The molecule has 0 aliphatic carbocycles. The number of hydrogen-bond acceptors (Lipinski definition) is 2. The van der Waals surface area contributed by atoms with E-state index in [2.05, 4.69) is 10.3 Å². The van der Waals surface area contributed by atoms with Gasteiger partial charge in [-0.3, -0.25) is 9.79 Å². The molecule has 4 nitrogen and oxygen atoms in total. The van der Waals surface area contributed by atoms with Crippen LogP contribution in [0.1, 0.15) is 19.4 Å². The summed E-state index contributed by atoms with van der Waals surface area (Å²) < 4.78 is 0. The highest BCUT2D eigenvalue weighted by Gasteiger charge is 2.10. The molecule has 0 fully saturated rings. The maximum atomic E-state index is 11.4. The van der Waals surface area contributed by atoms with E-state index in [1.807, 2.05) is 37.3 Å². The fourth-order valence-corrected chi connectivity index (χ4v) is 1.27. The molecule has 3 N–H and O–H groups in total. The Hall–Kier alpha value is -1.84. The molecule has 86 valence electrons. The van der Waals surface area contributed by atoms with Gasteiger partial charge in [0.25, 0.3) is 0 Å². The van der Waals surface area contributed by atoms with E-state index in [4.69, 9.17) is 5.73 Å². The van der Waals surface area contributed by atoms with E-state index in [1.54, 1.807) is 6.92 Å². The second-order valence-electron chi connectivity index (χ2n) is 3.45. The van der Waals surface area contributed by atoms with Gasteiger partial charge in [-0.15, -0.1) is 0 Å². The summed E-state index contributed by atoms with van der Waals surface area (Å²) in [4.78, 5) is 15.6. The standard InChI is InChI=1S/C12H17N3O/c1-3-14-12(16)9(2)15-11(13)10-7-5-4-6-8-10/h4-9H,3H2,1-2H3,(H2,13,15)(H,14,16). The lowest BCUT2D eigenvalue weighted by Gasteiger charge is -2.08. The normalized spacial score (nSPS) is 13.2. The molecule has 1 unspecified atom stereocenters. The second kappa shape index (κ2) is 5.90. The van der Waals surface area contributed by atoms with Crippen molar-refractivity contribution in [1.82, 2.24) is 5.32 Å². The molecule has 0 aromatic heterocycles. The molecule has 1 aromatic carbocycles. The van der Waals surface area contributed by atoms with E-state index in [0.717, 1.165) is 5.56 Å². The topological polar surface area (TPSA) is 67.5 Å². The number of amides is 1. The van der Waals surface area contributed by atoms with E-state index < -0.39 is 6.04 Å². The van der Waals surface area contributed by atoms with Crippen LogP contribution in [-0.4, -0.2) is 24.3 Å². The first-order chi connectivity index (χ1) is 7.65. The first kappa shape index (κ1) is 12.2. The molecule has 0 radical (unpaired) electrons. The molecule has 0 saturated carbocycles. The van der Waals surface area contributed by atoms with Crippen molar-refractivity contribution in [3.63, 3.8) is 0 Å². The summed E-state index contributed by atoms with van der Waals surface area (Å²) in [6.07, 6.45) is 0. The fraction of sp³-hybridized carbons (Fsp3) is 0.333. The lowest BCUT2D eigenvalue weighted by atomic mass is 10.2. The van der Waals surface area contributed by atoms with Gasteiger partial charge in [-0.1, -0.05) is 30.3 Å². The van der Waals surface area contributed by atoms with Crippen molar-refractivity contribution < 1.29 is 4.79 Å². The van der Waals surface area contributed by atoms with Crippen LogP contribution in [0.4, 0.5) is 0 Å².